The molecule has 1 atom stereocenters. The molecule has 1 heterocycles. The molecule has 0 aromatic rings. The number of carbonyl (C=O) groups is 1. The lowest BCUT2D eigenvalue weighted by atomic mass is 9.84. The van der Waals surface area contributed by atoms with Gasteiger partial charge in [-0.1, -0.05) is 0 Å². The molecule has 0 aromatic carbocycles. The zero-order chi connectivity index (χ0) is 8.32. The van der Waals surface area contributed by atoms with Gasteiger partial charge >= 0.3 is 0 Å². The van der Waals surface area contributed by atoms with Gasteiger partial charge in [-0.15, -0.1) is 0 Å². The topological polar surface area (TPSA) is 69.1 Å². The first kappa shape index (κ1) is 8.87. The molecule has 1 aliphatic rings. The molecule has 4 heteroatoms. The van der Waals surface area contributed by atoms with E-state index in [0.29, 0.717) is 13.0 Å². The quantitative estimate of drug-likeness (QED) is 0.630. The molecule has 11 heavy (non-hydrogen) atoms. The zero-order valence-corrected chi connectivity index (χ0v) is 7.32. The molecule has 1 fully saturated rings. The molecule has 0 aromatic heterocycles. The summed E-state index contributed by atoms with van der Waals surface area (Å²) < 4.78 is 0. The number of primary amides is 1. The van der Waals surface area contributed by atoms with Crippen LogP contribution in [-0.4, -0.2) is 24.0 Å². The first-order chi connectivity index (χ1) is 5.18. The van der Waals surface area contributed by atoms with Crippen LogP contribution in [0.25, 0.3) is 0 Å². The van der Waals surface area contributed by atoms with E-state index in [1.54, 1.807) is 0 Å². The first-order valence-electron chi connectivity index (χ1n) is 3.75. The minimum Gasteiger partial charge on any atom is -0.370 e. The maximum absolute atomic E-state index is 10.7. The molecule has 3 nitrogen and oxygen atoms in total. The predicted octanol–water partition coefficient (Wildman–Crippen LogP) is -0.0562. The number of nitrogens with two attached hydrogens (primary N) is 2. The average Bonchev–Trinajstić information content (AvgIpc) is 2.36. The minimum atomic E-state index is -0.224. The maximum Gasteiger partial charge on any atom is 0.218 e. The summed E-state index contributed by atoms with van der Waals surface area (Å²) in [7, 11) is 0. The Balaban J connectivity index is 2.52. The molecule has 0 bridgehead atoms. The van der Waals surface area contributed by atoms with E-state index in [0.717, 1.165) is 17.9 Å². The van der Waals surface area contributed by atoms with Crippen LogP contribution < -0.4 is 11.5 Å². The molecule has 0 radical (unpaired) electrons. The molecule has 1 aliphatic heterocycles. The Hall–Kier alpha value is -0.220. The van der Waals surface area contributed by atoms with Gasteiger partial charge in [0.15, 0.2) is 0 Å². The standard InChI is InChI=1S/C7H14N2OS/c8-4-7(3-6(9)10)1-2-11-5-7/h1-5,8H2,(H2,9,10). The highest BCUT2D eigenvalue weighted by Crippen LogP contribution is 2.37. The molecule has 0 aliphatic carbocycles. The maximum atomic E-state index is 10.7. The Morgan fingerprint density at radius 2 is 2.36 bits per heavy atom. The van der Waals surface area contributed by atoms with E-state index in [2.05, 4.69) is 0 Å². The summed E-state index contributed by atoms with van der Waals surface area (Å²) in [6.45, 7) is 0.586. The van der Waals surface area contributed by atoms with Crippen molar-refractivity contribution >= 4 is 17.7 Å². The van der Waals surface area contributed by atoms with Crippen molar-refractivity contribution in [1.82, 2.24) is 0 Å². The van der Waals surface area contributed by atoms with Gasteiger partial charge in [0, 0.05) is 17.6 Å². The van der Waals surface area contributed by atoms with Crippen LogP contribution in [0.15, 0.2) is 0 Å². The van der Waals surface area contributed by atoms with E-state index in [-0.39, 0.29) is 11.3 Å². The summed E-state index contributed by atoms with van der Waals surface area (Å²) in [6.07, 6.45) is 1.49. The van der Waals surface area contributed by atoms with Crippen LogP contribution in [-0.2, 0) is 4.79 Å². The van der Waals surface area contributed by atoms with Gasteiger partial charge < -0.3 is 11.5 Å². The normalized spacial score (nSPS) is 30.6. The summed E-state index contributed by atoms with van der Waals surface area (Å²) in [5, 5.41) is 0. The van der Waals surface area contributed by atoms with Crippen LogP contribution >= 0.6 is 11.8 Å². The Labute approximate surface area is 70.9 Å². The van der Waals surface area contributed by atoms with Crippen molar-refractivity contribution in [1.29, 1.82) is 0 Å². The molecule has 4 N–H and O–H groups in total. The Bertz CT molecular complexity index is 155. The monoisotopic (exact) mass is 174 g/mol. The Morgan fingerprint density at radius 1 is 1.64 bits per heavy atom. The Morgan fingerprint density at radius 3 is 2.73 bits per heavy atom. The van der Waals surface area contributed by atoms with Gasteiger partial charge in [0.2, 0.25) is 5.91 Å². The van der Waals surface area contributed by atoms with Crippen LogP contribution in [0.5, 0.6) is 0 Å². The number of thioether (sulfide) groups is 1. The fraction of sp³-hybridized carbons (Fsp3) is 0.857. The smallest absolute Gasteiger partial charge is 0.218 e. The zero-order valence-electron chi connectivity index (χ0n) is 6.51. The summed E-state index contributed by atoms with van der Waals surface area (Å²) in [4.78, 5) is 10.7. The molecule has 1 amide bonds. The van der Waals surface area contributed by atoms with Gasteiger partial charge in [-0.25, -0.2) is 0 Å². The Kier molecular flexibility index (Phi) is 2.78. The molecular formula is C7H14N2OS. The van der Waals surface area contributed by atoms with Gasteiger partial charge in [-0.2, -0.15) is 11.8 Å². The first-order valence-corrected chi connectivity index (χ1v) is 4.90. The van der Waals surface area contributed by atoms with Crippen molar-refractivity contribution in [2.75, 3.05) is 18.1 Å². The predicted molar refractivity (Wildman–Crippen MR) is 47.2 cm³/mol. The molecule has 1 unspecified atom stereocenters. The molecule has 1 saturated heterocycles. The van der Waals surface area contributed by atoms with E-state index >= 15 is 0 Å². The highest BCUT2D eigenvalue weighted by Gasteiger charge is 2.34. The lowest BCUT2D eigenvalue weighted by Gasteiger charge is -2.23. The van der Waals surface area contributed by atoms with Gasteiger partial charge in [0.05, 0.1) is 0 Å². The third-order valence-corrected chi connectivity index (χ3v) is 3.48. The molecule has 0 spiro atoms. The minimum absolute atomic E-state index is 0.0243. The number of hydrogen-bond donors (Lipinski definition) is 2. The highest BCUT2D eigenvalue weighted by molar-refractivity contribution is 7.99. The van der Waals surface area contributed by atoms with Crippen molar-refractivity contribution < 1.29 is 4.79 Å². The van der Waals surface area contributed by atoms with Gasteiger partial charge in [0.25, 0.3) is 0 Å². The summed E-state index contributed by atoms with van der Waals surface area (Å²) in [6, 6.07) is 0. The number of carbonyl (C=O) groups excluding carboxylic acids is 1. The third kappa shape index (κ3) is 2.10. The van der Waals surface area contributed by atoms with Crippen LogP contribution in [0.4, 0.5) is 0 Å². The van der Waals surface area contributed by atoms with Gasteiger partial charge in [-0.3, -0.25) is 4.79 Å². The largest absolute Gasteiger partial charge is 0.370 e. The van der Waals surface area contributed by atoms with E-state index in [9.17, 15) is 4.79 Å². The summed E-state index contributed by atoms with van der Waals surface area (Å²) in [5.41, 5.74) is 10.7. The third-order valence-electron chi connectivity index (χ3n) is 2.17. The van der Waals surface area contributed by atoms with Crippen molar-refractivity contribution in [2.24, 2.45) is 16.9 Å². The van der Waals surface area contributed by atoms with Crippen LogP contribution in [0.3, 0.4) is 0 Å². The second-order valence-corrected chi connectivity index (χ2v) is 4.25. The summed E-state index contributed by atoms with van der Waals surface area (Å²) in [5.74, 6) is 1.88. The van der Waals surface area contributed by atoms with Crippen molar-refractivity contribution in [2.45, 2.75) is 12.8 Å². The van der Waals surface area contributed by atoms with Crippen molar-refractivity contribution in [3.8, 4) is 0 Å². The molecule has 0 saturated carbocycles. The van der Waals surface area contributed by atoms with E-state index in [4.69, 9.17) is 11.5 Å². The van der Waals surface area contributed by atoms with Crippen LogP contribution in [0, 0.1) is 5.41 Å². The van der Waals surface area contributed by atoms with Crippen LogP contribution in [0.1, 0.15) is 12.8 Å². The molecule has 1 rings (SSSR count). The van der Waals surface area contributed by atoms with Crippen molar-refractivity contribution in [3.05, 3.63) is 0 Å². The SMILES string of the molecule is NCC1(CC(N)=O)CCSC1. The average molecular weight is 174 g/mol. The van der Waals surface area contributed by atoms with Crippen LogP contribution in [0.2, 0.25) is 0 Å². The van der Waals surface area contributed by atoms with Gasteiger partial charge in [0.1, 0.15) is 0 Å². The number of hydrogen-bond acceptors (Lipinski definition) is 3. The van der Waals surface area contributed by atoms with E-state index in [1.165, 1.54) is 0 Å². The second-order valence-electron chi connectivity index (χ2n) is 3.15. The number of rotatable bonds is 3. The fourth-order valence-electron chi connectivity index (χ4n) is 1.39. The molecular weight excluding hydrogens is 160 g/mol. The molecule has 64 valence electrons. The summed E-state index contributed by atoms with van der Waals surface area (Å²) >= 11 is 1.86. The van der Waals surface area contributed by atoms with Crippen molar-refractivity contribution in [3.63, 3.8) is 0 Å². The highest BCUT2D eigenvalue weighted by atomic mass is 32.2. The fourth-order valence-corrected chi connectivity index (χ4v) is 2.91. The van der Waals surface area contributed by atoms with Gasteiger partial charge in [-0.05, 0) is 18.7 Å². The number of amides is 1. The van der Waals surface area contributed by atoms with E-state index in [1.807, 2.05) is 11.8 Å². The second kappa shape index (κ2) is 3.45. The lowest BCUT2D eigenvalue weighted by Crippen LogP contribution is -2.34. The van der Waals surface area contributed by atoms with E-state index < -0.39 is 0 Å². The lowest BCUT2D eigenvalue weighted by molar-refractivity contribution is -0.119.